The Bertz CT molecular complexity index is 365. The summed E-state index contributed by atoms with van der Waals surface area (Å²) in [5, 5.41) is 12.2. The number of nitrogens with zero attached hydrogens (tertiary/aromatic N) is 2. The molecule has 1 fully saturated rings. The number of rotatable bonds is 3. The Morgan fingerprint density at radius 3 is 2.39 bits per heavy atom. The third-order valence-corrected chi connectivity index (χ3v) is 3.21. The summed E-state index contributed by atoms with van der Waals surface area (Å²) in [6.45, 7) is 1.05. The molecule has 0 unspecified atom stereocenters. The third-order valence-electron chi connectivity index (χ3n) is 3.21. The zero-order chi connectivity index (χ0) is 13.8. The molecule has 0 spiro atoms. The highest BCUT2D eigenvalue weighted by Crippen LogP contribution is 2.23. The van der Waals surface area contributed by atoms with Crippen molar-refractivity contribution in [3.05, 3.63) is 0 Å². The summed E-state index contributed by atoms with van der Waals surface area (Å²) in [7, 11) is 3.36. The van der Waals surface area contributed by atoms with Crippen molar-refractivity contribution < 1.29 is 14.7 Å². The van der Waals surface area contributed by atoms with Crippen molar-refractivity contribution >= 4 is 12.0 Å². The smallest absolute Gasteiger partial charge is 0.324 e. The maximum Gasteiger partial charge on any atom is 0.324 e. The highest BCUT2D eigenvalue weighted by Gasteiger charge is 2.42. The van der Waals surface area contributed by atoms with E-state index in [9.17, 15) is 14.7 Å². The number of carboxylic acid groups (broad SMARTS) is 1. The fourth-order valence-corrected chi connectivity index (χ4v) is 2.05. The Balaban J connectivity index is 2.67. The van der Waals surface area contributed by atoms with E-state index in [2.05, 4.69) is 11.2 Å². The van der Waals surface area contributed by atoms with Crippen LogP contribution in [0.2, 0.25) is 0 Å². The molecule has 2 amide bonds. The minimum Gasteiger partial charge on any atom is -0.480 e. The second kappa shape index (κ2) is 5.74. The SMILES string of the molecule is C#CCNC1(C(=O)O)CCN(C(=O)N(C)C)CC1. The molecular formula is C12H19N3O3. The van der Waals surface area contributed by atoms with Crippen LogP contribution in [0.25, 0.3) is 0 Å². The molecule has 0 atom stereocenters. The van der Waals surface area contributed by atoms with Gasteiger partial charge in [-0.1, -0.05) is 5.92 Å². The van der Waals surface area contributed by atoms with E-state index in [4.69, 9.17) is 6.42 Å². The number of carboxylic acids is 1. The Hall–Kier alpha value is -1.74. The van der Waals surface area contributed by atoms with Crippen molar-refractivity contribution in [1.82, 2.24) is 15.1 Å². The summed E-state index contributed by atoms with van der Waals surface area (Å²) < 4.78 is 0. The van der Waals surface area contributed by atoms with Gasteiger partial charge in [0.15, 0.2) is 0 Å². The molecule has 100 valence electrons. The number of amides is 2. The first-order chi connectivity index (χ1) is 8.43. The average molecular weight is 253 g/mol. The van der Waals surface area contributed by atoms with Crippen molar-refractivity contribution in [1.29, 1.82) is 0 Å². The van der Waals surface area contributed by atoms with Gasteiger partial charge in [-0.15, -0.1) is 6.42 Å². The van der Waals surface area contributed by atoms with Crippen molar-refractivity contribution in [2.45, 2.75) is 18.4 Å². The lowest BCUT2D eigenvalue weighted by Gasteiger charge is -2.39. The molecule has 6 heteroatoms. The van der Waals surface area contributed by atoms with Crippen LogP contribution in [0, 0.1) is 12.3 Å². The molecule has 6 nitrogen and oxygen atoms in total. The first kappa shape index (κ1) is 14.3. The van der Waals surface area contributed by atoms with Gasteiger partial charge in [-0.25, -0.2) is 4.79 Å². The molecule has 1 rings (SSSR count). The highest BCUT2D eigenvalue weighted by atomic mass is 16.4. The first-order valence-corrected chi connectivity index (χ1v) is 5.81. The van der Waals surface area contributed by atoms with Gasteiger partial charge in [-0.3, -0.25) is 10.1 Å². The van der Waals surface area contributed by atoms with Gasteiger partial charge in [0.25, 0.3) is 0 Å². The van der Waals surface area contributed by atoms with Crippen LogP contribution in [0.3, 0.4) is 0 Å². The van der Waals surface area contributed by atoms with Crippen LogP contribution in [0.5, 0.6) is 0 Å². The van der Waals surface area contributed by atoms with Gasteiger partial charge in [0, 0.05) is 27.2 Å². The van der Waals surface area contributed by atoms with Crippen LogP contribution in [-0.2, 0) is 4.79 Å². The van der Waals surface area contributed by atoms with Crippen molar-refractivity contribution in [2.75, 3.05) is 33.7 Å². The zero-order valence-corrected chi connectivity index (χ0v) is 10.8. The quantitative estimate of drug-likeness (QED) is 0.684. The fourth-order valence-electron chi connectivity index (χ4n) is 2.05. The number of terminal acetylenes is 1. The minimum atomic E-state index is -1.00. The van der Waals surface area contributed by atoms with Crippen LogP contribution in [0.1, 0.15) is 12.8 Å². The van der Waals surface area contributed by atoms with Gasteiger partial charge in [0.05, 0.1) is 6.54 Å². The molecule has 0 aromatic carbocycles. The summed E-state index contributed by atoms with van der Waals surface area (Å²) >= 11 is 0. The normalized spacial score (nSPS) is 17.9. The number of nitrogens with one attached hydrogen (secondary N) is 1. The number of urea groups is 1. The maximum absolute atomic E-state index is 11.7. The lowest BCUT2D eigenvalue weighted by Crippen LogP contribution is -2.60. The molecule has 1 saturated heterocycles. The molecule has 1 heterocycles. The number of hydrogen-bond donors (Lipinski definition) is 2. The predicted octanol–water partition coefficient (Wildman–Crippen LogP) is -0.190. The van der Waals surface area contributed by atoms with Crippen molar-refractivity contribution in [3.8, 4) is 12.3 Å². The van der Waals surface area contributed by atoms with E-state index in [1.807, 2.05) is 0 Å². The molecule has 0 saturated carbocycles. The molecule has 1 aliphatic rings. The molecule has 18 heavy (non-hydrogen) atoms. The molecule has 1 aliphatic heterocycles. The van der Waals surface area contributed by atoms with Crippen LogP contribution in [0.4, 0.5) is 4.79 Å². The number of hydrogen-bond acceptors (Lipinski definition) is 3. The van der Waals surface area contributed by atoms with Crippen LogP contribution in [0.15, 0.2) is 0 Å². The predicted molar refractivity (Wildman–Crippen MR) is 67.1 cm³/mol. The van der Waals surface area contributed by atoms with Gasteiger partial charge in [0.1, 0.15) is 5.54 Å². The van der Waals surface area contributed by atoms with Gasteiger partial charge >= 0.3 is 12.0 Å². The molecule has 0 aliphatic carbocycles. The van der Waals surface area contributed by atoms with Gasteiger partial charge in [0.2, 0.25) is 0 Å². The second-order valence-corrected chi connectivity index (χ2v) is 4.61. The summed E-state index contributed by atoms with van der Waals surface area (Å²) in [5.74, 6) is 1.48. The molecule has 0 radical (unpaired) electrons. The Labute approximate surface area is 107 Å². The Morgan fingerprint density at radius 2 is 2.00 bits per heavy atom. The first-order valence-electron chi connectivity index (χ1n) is 5.81. The zero-order valence-electron chi connectivity index (χ0n) is 10.8. The van der Waals surface area contributed by atoms with Gasteiger partial charge in [-0.2, -0.15) is 0 Å². The summed E-state index contributed by atoms with van der Waals surface area (Å²) in [6.07, 6.45) is 5.87. The van der Waals surface area contributed by atoms with E-state index in [1.165, 1.54) is 4.90 Å². The average Bonchev–Trinajstić information content (AvgIpc) is 2.35. The second-order valence-electron chi connectivity index (χ2n) is 4.61. The molecule has 0 aromatic rings. The largest absolute Gasteiger partial charge is 0.480 e. The van der Waals surface area contributed by atoms with E-state index < -0.39 is 11.5 Å². The lowest BCUT2D eigenvalue weighted by atomic mass is 9.87. The van der Waals surface area contributed by atoms with Crippen LogP contribution in [-0.4, -0.2) is 66.2 Å². The summed E-state index contributed by atoms with van der Waals surface area (Å²) in [5.41, 5.74) is -1.00. The Morgan fingerprint density at radius 1 is 1.44 bits per heavy atom. The number of aliphatic carboxylic acids is 1. The molecular weight excluding hydrogens is 234 g/mol. The van der Waals surface area contributed by atoms with Gasteiger partial charge < -0.3 is 14.9 Å². The molecule has 0 bridgehead atoms. The number of carbonyl (C=O) groups is 2. The standard InChI is InChI=1S/C12H19N3O3/c1-4-7-13-12(10(16)17)5-8-15(9-6-12)11(18)14(2)3/h1,13H,5-9H2,2-3H3,(H,16,17). The maximum atomic E-state index is 11.7. The van der Waals surface area contributed by atoms with Crippen molar-refractivity contribution in [2.24, 2.45) is 0 Å². The summed E-state index contributed by atoms with van der Waals surface area (Å²) in [4.78, 5) is 26.2. The summed E-state index contributed by atoms with van der Waals surface area (Å²) in [6, 6.07) is -0.0917. The molecule has 0 aromatic heterocycles. The van der Waals surface area contributed by atoms with E-state index in [-0.39, 0.29) is 12.6 Å². The minimum absolute atomic E-state index is 0.0917. The van der Waals surface area contributed by atoms with E-state index in [0.717, 1.165) is 0 Å². The van der Waals surface area contributed by atoms with E-state index in [1.54, 1.807) is 19.0 Å². The van der Waals surface area contributed by atoms with Gasteiger partial charge in [-0.05, 0) is 12.8 Å². The van der Waals surface area contributed by atoms with Crippen molar-refractivity contribution in [3.63, 3.8) is 0 Å². The van der Waals surface area contributed by atoms with E-state index in [0.29, 0.717) is 25.9 Å². The Kier molecular flexibility index (Phi) is 4.56. The number of piperidine rings is 1. The monoisotopic (exact) mass is 253 g/mol. The lowest BCUT2D eigenvalue weighted by molar-refractivity contribution is -0.146. The molecule has 2 N–H and O–H groups in total. The highest BCUT2D eigenvalue weighted by molar-refractivity contribution is 5.80. The topological polar surface area (TPSA) is 72.9 Å². The fraction of sp³-hybridized carbons (Fsp3) is 0.667. The third kappa shape index (κ3) is 2.93. The van der Waals surface area contributed by atoms with Crippen LogP contribution < -0.4 is 5.32 Å². The number of likely N-dealkylation sites (tertiary alicyclic amines) is 1. The van der Waals surface area contributed by atoms with E-state index >= 15 is 0 Å². The van der Waals surface area contributed by atoms with Crippen LogP contribution >= 0.6 is 0 Å². The number of carbonyl (C=O) groups excluding carboxylic acids is 1.